The summed E-state index contributed by atoms with van der Waals surface area (Å²) in [6.07, 6.45) is 2.00. The highest BCUT2D eigenvalue weighted by Crippen LogP contribution is 2.35. The molecule has 3 aromatic heterocycles. The van der Waals surface area contributed by atoms with Crippen molar-refractivity contribution in [1.29, 1.82) is 0 Å². The zero-order chi connectivity index (χ0) is 29.8. The molecule has 0 spiro atoms. The molecule has 3 amide bonds. The summed E-state index contributed by atoms with van der Waals surface area (Å²) in [6, 6.07) is 17.3. The van der Waals surface area contributed by atoms with Crippen molar-refractivity contribution in [3.05, 3.63) is 95.1 Å². The minimum atomic E-state index is -0.745. The number of benzene rings is 2. The number of aromatic amines is 1. The van der Waals surface area contributed by atoms with Gasteiger partial charge < -0.3 is 25.3 Å². The van der Waals surface area contributed by atoms with Gasteiger partial charge in [0.25, 0.3) is 17.7 Å². The number of rotatable bonds is 8. The average Bonchev–Trinajstić information content (AvgIpc) is 3.73. The van der Waals surface area contributed by atoms with E-state index in [9.17, 15) is 19.2 Å². The number of hydrogen-bond donors (Lipinski definition) is 3. The summed E-state index contributed by atoms with van der Waals surface area (Å²) in [5.74, 6) is -1.30. The minimum Gasteiger partial charge on any atom is -0.445 e. The molecule has 0 atom stereocenters. The van der Waals surface area contributed by atoms with Crippen molar-refractivity contribution in [3.8, 4) is 0 Å². The molecule has 0 saturated heterocycles. The number of fused-ring (bicyclic) bond motifs is 1. The van der Waals surface area contributed by atoms with E-state index in [-0.39, 0.29) is 28.5 Å². The van der Waals surface area contributed by atoms with Crippen LogP contribution in [0.3, 0.4) is 0 Å². The van der Waals surface area contributed by atoms with Crippen molar-refractivity contribution in [2.24, 2.45) is 0 Å². The molecule has 0 radical (unpaired) electrons. The van der Waals surface area contributed by atoms with E-state index in [2.05, 4.69) is 20.7 Å². The first-order valence-corrected chi connectivity index (χ1v) is 14.1. The highest BCUT2D eigenvalue weighted by molar-refractivity contribution is 7.17. The number of ether oxygens (including phenoxy) is 1. The molecule has 5 aromatic rings. The van der Waals surface area contributed by atoms with Crippen LogP contribution in [0.2, 0.25) is 0 Å². The Morgan fingerprint density at radius 3 is 2.40 bits per heavy atom. The Labute approximate surface area is 245 Å². The lowest BCUT2D eigenvalue weighted by atomic mass is 10.1. The molecule has 0 bridgehead atoms. The zero-order valence-corrected chi connectivity index (χ0v) is 23.9. The predicted molar refractivity (Wildman–Crippen MR) is 162 cm³/mol. The van der Waals surface area contributed by atoms with Crippen molar-refractivity contribution in [1.82, 2.24) is 14.8 Å². The second kappa shape index (κ2) is 12.1. The van der Waals surface area contributed by atoms with Gasteiger partial charge in [-0.15, -0.1) is 16.4 Å². The van der Waals surface area contributed by atoms with Crippen LogP contribution >= 0.6 is 11.3 Å². The van der Waals surface area contributed by atoms with Crippen LogP contribution in [0, 0.1) is 0 Å². The second-order valence-electron chi connectivity index (χ2n) is 9.46. The molecule has 11 nitrogen and oxygen atoms in total. The topological polar surface area (TPSA) is 138 Å². The Balaban J connectivity index is 1.54. The van der Waals surface area contributed by atoms with Crippen molar-refractivity contribution >= 4 is 62.6 Å². The van der Waals surface area contributed by atoms with E-state index in [0.29, 0.717) is 28.0 Å². The van der Waals surface area contributed by atoms with Crippen molar-refractivity contribution in [2.75, 3.05) is 22.1 Å². The number of thiophene rings is 1. The fraction of sp³-hybridized carbons (Fsp3) is 0.167. The molecule has 3 heterocycles. The molecule has 3 N–H and O–H groups in total. The monoisotopic (exact) mass is 584 g/mol. The van der Waals surface area contributed by atoms with Gasteiger partial charge in [0, 0.05) is 30.0 Å². The SMILES string of the molecule is CCN(C(=O)c1csc2c1c(NC(=O)c1ccccc1NC(=O)c1cc[nH]c1)nn2C(=O)OC(C)C)c1ccccc1. The van der Waals surface area contributed by atoms with Gasteiger partial charge in [-0.2, -0.15) is 4.68 Å². The maximum Gasteiger partial charge on any atom is 0.436 e. The molecule has 42 heavy (non-hydrogen) atoms. The van der Waals surface area contributed by atoms with Gasteiger partial charge in [-0.3, -0.25) is 14.4 Å². The van der Waals surface area contributed by atoms with Gasteiger partial charge in [-0.1, -0.05) is 30.3 Å². The zero-order valence-electron chi connectivity index (χ0n) is 23.1. The lowest BCUT2D eigenvalue weighted by molar-refractivity contribution is 0.0986. The minimum absolute atomic E-state index is 0.0104. The number of aromatic nitrogens is 3. The normalized spacial score (nSPS) is 11.0. The number of anilines is 3. The van der Waals surface area contributed by atoms with E-state index >= 15 is 0 Å². The van der Waals surface area contributed by atoms with Crippen LogP contribution in [0.15, 0.2) is 78.4 Å². The summed E-state index contributed by atoms with van der Waals surface area (Å²) in [5.41, 5.74) is 1.81. The number of H-pyrrole nitrogens is 1. The Morgan fingerprint density at radius 1 is 0.976 bits per heavy atom. The lowest BCUT2D eigenvalue weighted by Crippen LogP contribution is -2.30. The van der Waals surface area contributed by atoms with E-state index in [1.807, 2.05) is 37.3 Å². The summed E-state index contributed by atoms with van der Waals surface area (Å²) in [4.78, 5) is 57.8. The van der Waals surface area contributed by atoms with Crippen molar-refractivity contribution < 1.29 is 23.9 Å². The van der Waals surface area contributed by atoms with Crippen LogP contribution in [-0.2, 0) is 4.74 Å². The third-order valence-corrected chi connectivity index (χ3v) is 7.24. The number of amides is 3. The van der Waals surface area contributed by atoms with Gasteiger partial charge >= 0.3 is 6.09 Å². The molecule has 0 aliphatic carbocycles. The van der Waals surface area contributed by atoms with E-state index in [1.54, 1.807) is 66.9 Å². The maximum absolute atomic E-state index is 13.8. The molecule has 0 unspecified atom stereocenters. The Hall–Kier alpha value is -5.23. The quantitative estimate of drug-likeness (QED) is 0.205. The first kappa shape index (κ1) is 28.3. The summed E-state index contributed by atoms with van der Waals surface area (Å²) < 4.78 is 6.41. The van der Waals surface area contributed by atoms with Crippen LogP contribution in [0.1, 0.15) is 51.8 Å². The molecular weight excluding hydrogens is 556 g/mol. The van der Waals surface area contributed by atoms with Gasteiger partial charge in [0.05, 0.1) is 33.9 Å². The van der Waals surface area contributed by atoms with E-state index in [0.717, 1.165) is 16.0 Å². The number of carbonyl (C=O) groups excluding carboxylic acids is 4. The molecule has 12 heteroatoms. The molecule has 2 aromatic carbocycles. The van der Waals surface area contributed by atoms with Crippen LogP contribution in [0.5, 0.6) is 0 Å². The van der Waals surface area contributed by atoms with E-state index < -0.39 is 24.0 Å². The van der Waals surface area contributed by atoms with Gasteiger partial charge in [-0.25, -0.2) is 4.79 Å². The average molecular weight is 585 g/mol. The highest BCUT2D eigenvalue weighted by atomic mass is 32.1. The number of nitrogens with zero attached hydrogens (tertiary/aromatic N) is 3. The van der Waals surface area contributed by atoms with Crippen molar-refractivity contribution in [3.63, 3.8) is 0 Å². The highest BCUT2D eigenvalue weighted by Gasteiger charge is 2.29. The summed E-state index contributed by atoms with van der Waals surface area (Å²) in [6.45, 7) is 5.67. The molecule has 0 aliphatic heterocycles. The largest absolute Gasteiger partial charge is 0.445 e. The fourth-order valence-electron chi connectivity index (χ4n) is 4.37. The number of hydrogen-bond acceptors (Lipinski definition) is 7. The maximum atomic E-state index is 13.8. The second-order valence-corrected chi connectivity index (χ2v) is 10.3. The third-order valence-electron chi connectivity index (χ3n) is 6.28. The molecule has 0 fully saturated rings. The van der Waals surface area contributed by atoms with Crippen LogP contribution in [-0.4, -0.2) is 51.2 Å². The first-order chi connectivity index (χ1) is 20.3. The number of nitrogens with one attached hydrogen (secondary N) is 3. The standard InChI is InChI=1S/C30H28N6O5S/c1-4-35(20-10-6-5-7-11-20)28(39)22-17-42-29-24(22)25(34-36(29)30(40)41-18(2)3)33-27(38)21-12-8-9-13-23(21)32-26(37)19-14-15-31-16-19/h5-18,31H,4H2,1-3H3,(H,32,37)(H,33,34,38). The van der Waals surface area contributed by atoms with Gasteiger partial charge in [0.15, 0.2) is 5.82 Å². The summed E-state index contributed by atoms with van der Waals surface area (Å²) in [7, 11) is 0. The summed E-state index contributed by atoms with van der Waals surface area (Å²) >= 11 is 1.14. The predicted octanol–water partition coefficient (Wildman–Crippen LogP) is 5.99. The first-order valence-electron chi connectivity index (χ1n) is 13.2. The Kier molecular flexibility index (Phi) is 8.16. The van der Waals surface area contributed by atoms with E-state index in [1.165, 1.54) is 0 Å². The van der Waals surface area contributed by atoms with Crippen LogP contribution in [0.25, 0.3) is 10.2 Å². The van der Waals surface area contributed by atoms with Gasteiger partial charge in [0.2, 0.25) is 0 Å². The lowest BCUT2D eigenvalue weighted by Gasteiger charge is -2.20. The van der Waals surface area contributed by atoms with Crippen LogP contribution < -0.4 is 15.5 Å². The van der Waals surface area contributed by atoms with Crippen molar-refractivity contribution in [2.45, 2.75) is 26.9 Å². The molecule has 0 aliphatic rings. The molecule has 214 valence electrons. The third kappa shape index (κ3) is 5.65. The number of carbonyl (C=O) groups is 4. The van der Waals surface area contributed by atoms with Gasteiger partial charge in [0.1, 0.15) is 4.83 Å². The summed E-state index contributed by atoms with van der Waals surface area (Å²) in [5, 5.41) is 11.8. The van der Waals surface area contributed by atoms with Crippen LogP contribution in [0.4, 0.5) is 22.0 Å². The molecule has 0 saturated carbocycles. The fourth-order valence-corrected chi connectivity index (χ4v) is 5.36. The Morgan fingerprint density at radius 2 is 1.71 bits per heavy atom. The van der Waals surface area contributed by atoms with Gasteiger partial charge in [-0.05, 0) is 51.1 Å². The molecular formula is C30H28N6O5S. The smallest absolute Gasteiger partial charge is 0.436 e. The Bertz CT molecular complexity index is 1760. The van der Waals surface area contributed by atoms with E-state index in [4.69, 9.17) is 4.74 Å². The molecule has 5 rings (SSSR count). The number of para-hydroxylation sites is 2.